The molecule has 36 heavy (non-hydrogen) atoms. The van der Waals surface area contributed by atoms with E-state index in [0.29, 0.717) is 32.0 Å². The first-order valence-corrected chi connectivity index (χ1v) is 14.2. The number of rotatable bonds is 12. The van der Waals surface area contributed by atoms with Crippen molar-refractivity contribution in [3.05, 3.63) is 11.8 Å². The molecule has 0 N–H and O–H groups in total. The number of hydrogen-bond donors (Lipinski definition) is 0. The number of allylic oxidation sites excluding steroid dienone is 2. The molecule has 0 radical (unpaired) electrons. The summed E-state index contributed by atoms with van der Waals surface area (Å²) in [5.41, 5.74) is -6.18. The summed E-state index contributed by atoms with van der Waals surface area (Å²) in [6.45, 7) is 9.49. The first-order valence-electron chi connectivity index (χ1n) is 12.8. The molecule has 0 bridgehead atoms. The van der Waals surface area contributed by atoms with E-state index in [1.807, 2.05) is 13.8 Å². The predicted molar refractivity (Wildman–Crippen MR) is 127 cm³/mol. The fraction of sp³-hybridized carbons (Fsp3) is 0.920. The average molecular weight is 543 g/mol. The fourth-order valence-electron chi connectivity index (χ4n) is 6.48. The number of methoxy groups -OCH3 is 1. The Morgan fingerprint density at radius 3 is 2.47 bits per heavy atom. The second-order valence-electron chi connectivity index (χ2n) is 11.3. The van der Waals surface area contributed by atoms with Crippen molar-refractivity contribution in [2.45, 2.75) is 90.0 Å². The number of alkyl halides is 3. The molecular weight excluding hydrogens is 501 g/mol. The summed E-state index contributed by atoms with van der Waals surface area (Å²) in [6.07, 6.45) is 6.42. The lowest BCUT2D eigenvalue weighted by Crippen LogP contribution is -2.40. The van der Waals surface area contributed by atoms with E-state index in [2.05, 4.69) is 13.8 Å². The van der Waals surface area contributed by atoms with Gasteiger partial charge in [0.15, 0.2) is 6.29 Å². The van der Waals surface area contributed by atoms with Crippen LogP contribution in [0, 0.1) is 29.1 Å². The van der Waals surface area contributed by atoms with Crippen LogP contribution < -0.4 is 0 Å². The summed E-state index contributed by atoms with van der Waals surface area (Å²) in [6, 6.07) is 0. The van der Waals surface area contributed by atoms with E-state index in [9.17, 15) is 21.6 Å². The van der Waals surface area contributed by atoms with Crippen molar-refractivity contribution in [2.75, 3.05) is 27.1 Å². The SMILES string of the molecule is COCOC(C)(C)CCC[C@@H](C)[C@H]1CCC2C(OS(=O)(=O)C(F)(F)F)=C[C@H](CC3OCCO3)C[C@@]21C. The number of hydrogen-bond acceptors (Lipinski definition) is 7. The molecule has 11 heteroatoms. The zero-order valence-corrected chi connectivity index (χ0v) is 22.8. The molecule has 1 unspecified atom stereocenters. The molecule has 1 heterocycles. The quantitative estimate of drug-likeness (QED) is 0.176. The van der Waals surface area contributed by atoms with Gasteiger partial charge in [-0.2, -0.15) is 21.6 Å². The van der Waals surface area contributed by atoms with Crippen molar-refractivity contribution in [3.63, 3.8) is 0 Å². The van der Waals surface area contributed by atoms with Gasteiger partial charge < -0.3 is 23.1 Å². The average Bonchev–Trinajstić information content (AvgIpc) is 3.38. The van der Waals surface area contributed by atoms with Gasteiger partial charge in [0.1, 0.15) is 12.6 Å². The topological polar surface area (TPSA) is 80.3 Å². The monoisotopic (exact) mass is 542 g/mol. The Hall–Kier alpha value is -0.880. The van der Waals surface area contributed by atoms with Crippen molar-refractivity contribution < 1.29 is 44.7 Å². The van der Waals surface area contributed by atoms with E-state index in [0.717, 1.165) is 32.1 Å². The van der Waals surface area contributed by atoms with E-state index in [-0.39, 0.29) is 35.9 Å². The lowest BCUT2D eigenvalue weighted by molar-refractivity contribution is -0.118. The van der Waals surface area contributed by atoms with Crippen LogP contribution in [0.2, 0.25) is 0 Å². The van der Waals surface area contributed by atoms with E-state index in [4.69, 9.17) is 23.1 Å². The minimum Gasteiger partial charge on any atom is -0.381 e. The molecule has 0 aromatic heterocycles. The molecule has 0 spiro atoms. The van der Waals surface area contributed by atoms with Crippen LogP contribution in [-0.4, -0.2) is 52.9 Å². The molecule has 5 atom stereocenters. The molecule has 2 fully saturated rings. The van der Waals surface area contributed by atoms with Crippen LogP contribution in [-0.2, 0) is 33.2 Å². The van der Waals surface area contributed by atoms with Gasteiger partial charge in [-0.25, -0.2) is 0 Å². The molecule has 7 nitrogen and oxygen atoms in total. The van der Waals surface area contributed by atoms with Gasteiger partial charge in [-0.05, 0) is 68.8 Å². The second kappa shape index (κ2) is 11.5. The third kappa shape index (κ3) is 6.95. The molecule has 1 aliphatic heterocycles. The van der Waals surface area contributed by atoms with Crippen molar-refractivity contribution in [1.29, 1.82) is 0 Å². The van der Waals surface area contributed by atoms with Gasteiger partial charge in [0, 0.05) is 19.4 Å². The summed E-state index contributed by atoms with van der Waals surface area (Å²) >= 11 is 0. The zero-order chi connectivity index (χ0) is 26.8. The predicted octanol–water partition coefficient (Wildman–Crippen LogP) is 5.76. The van der Waals surface area contributed by atoms with Crippen molar-refractivity contribution in [1.82, 2.24) is 0 Å². The molecule has 1 saturated carbocycles. The molecule has 0 aromatic carbocycles. The third-order valence-electron chi connectivity index (χ3n) is 8.22. The zero-order valence-electron chi connectivity index (χ0n) is 21.9. The highest BCUT2D eigenvalue weighted by Crippen LogP contribution is 2.60. The van der Waals surface area contributed by atoms with Gasteiger partial charge in [-0.15, -0.1) is 0 Å². The molecule has 3 rings (SSSR count). The van der Waals surface area contributed by atoms with Crippen LogP contribution in [0.25, 0.3) is 0 Å². The van der Waals surface area contributed by atoms with Crippen LogP contribution in [0.3, 0.4) is 0 Å². The van der Waals surface area contributed by atoms with Gasteiger partial charge in [0.05, 0.1) is 18.8 Å². The Balaban J connectivity index is 1.76. The van der Waals surface area contributed by atoms with Gasteiger partial charge in [-0.1, -0.05) is 26.7 Å². The summed E-state index contributed by atoms with van der Waals surface area (Å²) in [7, 11) is -4.16. The lowest BCUT2D eigenvalue weighted by Gasteiger charge is -2.45. The maximum atomic E-state index is 13.2. The van der Waals surface area contributed by atoms with Gasteiger partial charge in [0.2, 0.25) is 0 Å². The maximum absolute atomic E-state index is 13.2. The van der Waals surface area contributed by atoms with Gasteiger partial charge in [-0.3, -0.25) is 0 Å². The Kier molecular flexibility index (Phi) is 9.46. The van der Waals surface area contributed by atoms with E-state index in [1.54, 1.807) is 13.2 Å². The molecule has 2 aliphatic carbocycles. The molecule has 3 aliphatic rings. The summed E-state index contributed by atoms with van der Waals surface area (Å²) in [5.74, 6) is -0.143. The summed E-state index contributed by atoms with van der Waals surface area (Å²) in [4.78, 5) is 0. The van der Waals surface area contributed by atoms with E-state index >= 15 is 0 Å². The Bertz CT molecular complexity index is 867. The number of halogens is 3. The molecule has 1 saturated heterocycles. The summed E-state index contributed by atoms with van der Waals surface area (Å²) in [5, 5.41) is 0. The highest BCUT2D eigenvalue weighted by molar-refractivity contribution is 7.87. The van der Waals surface area contributed by atoms with Crippen LogP contribution in [0.5, 0.6) is 0 Å². The van der Waals surface area contributed by atoms with Gasteiger partial charge >= 0.3 is 15.6 Å². The van der Waals surface area contributed by atoms with Crippen LogP contribution in [0.15, 0.2) is 11.8 Å². The molecular formula is C25H41F3O7S. The van der Waals surface area contributed by atoms with Crippen molar-refractivity contribution in [2.24, 2.45) is 29.1 Å². The van der Waals surface area contributed by atoms with Gasteiger partial charge in [0.25, 0.3) is 0 Å². The number of ether oxygens (including phenoxy) is 4. The second-order valence-corrected chi connectivity index (χ2v) is 12.9. The first-order chi connectivity index (χ1) is 16.7. The highest BCUT2D eigenvalue weighted by atomic mass is 32.2. The maximum Gasteiger partial charge on any atom is 0.534 e. The summed E-state index contributed by atoms with van der Waals surface area (Å²) < 4.78 is 90.1. The Labute approximate surface area is 213 Å². The van der Waals surface area contributed by atoms with Crippen molar-refractivity contribution in [3.8, 4) is 0 Å². The smallest absolute Gasteiger partial charge is 0.381 e. The van der Waals surface area contributed by atoms with Crippen LogP contribution in [0.4, 0.5) is 13.2 Å². The molecule has 0 aromatic rings. The molecule has 0 amide bonds. The van der Waals surface area contributed by atoms with E-state index < -0.39 is 27.3 Å². The van der Waals surface area contributed by atoms with E-state index in [1.165, 1.54) is 0 Å². The largest absolute Gasteiger partial charge is 0.534 e. The van der Waals surface area contributed by atoms with Crippen LogP contribution in [0.1, 0.15) is 72.6 Å². The standard InChI is InChI=1S/C25H41F3O7S/c1-17(7-6-10-23(2,3)34-16-31-5)19-8-9-20-21(35-36(29,30)25(26,27)28)13-18(15-24(19,20)4)14-22-32-11-12-33-22/h13,17-20,22H,6-12,14-16H2,1-5H3/t17-,18-,19-,20?,24-/m1/s1. The number of fused-ring (bicyclic) bond motifs is 1. The fourth-order valence-corrected chi connectivity index (χ4v) is 6.99. The minimum atomic E-state index is -5.74. The Morgan fingerprint density at radius 2 is 1.86 bits per heavy atom. The third-order valence-corrected chi connectivity index (χ3v) is 9.20. The van der Waals surface area contributed by atoms with Crippen LogP contribution >= 0.6 is 0 Å². The Morgan fingerprint density at radius 1 is 1.19 bits per heavy atom. The first kappa shape index (κ1) is 29.7. The minimum absolute atomic E-state index is 0.0760. The normalized spacial score (nSPS) is 30.8. The van der Waals surface area contributed by atoms with Crippen molar-refractivity contribution >= 4 is 10.1 Å². The lowest BCUT2D eigenvalue weighted by atomic mass is 9.61. The molecule has 210 valence electrons. The highest BCUT2D eigenvalue weighted by Gasteiger charge is 2.56.